The van der Waals surface area contributed by atoms with Crippen LogP contribution in [0.3, 0.4) is 0 Å². The molecule has 1 unspecified atom stereocenters. The molecule has 1 atom stereocenters. The molecule has 3 aromatic rings. The van der Waals surface area contributed by atoms with Crippen LogP contribution in [-0.4, -0.2) is 39.9 Å². The Labute approximate surface area is 217 Å². The topological polar surface area (TPSA) is 47.9 Å². The van der Waals surface area contributed by atoms with Crippen molar-refractivity contribution in [2.75, 3.05) is 20.3 Å². The molecule has 1 N–H and O–H groups in total. The number of hydrogen-bond donors (Lipinski definition) is 1. The molecule has 0 heterocycles. The fraction of sp³-hybridized carbons (Fsp3) is 0.355. The molecule has 0 radical (unpaired) electrons. The molecule has 0 saturated carbocycles. The zero-order valence-corrected chi connectivity index (χ0v) is 22.9. The first-order valence-electron chi connectivity index (χ1n) is 12.5. The number of hydrogen-bond acceptors (Lipinski definition) is 4. The van der Waals surface area contributed by atoms with E-state index in [4.69, 9.17) is 13.9 Å². The Kier molecular flexibility index (Phi) is 10.3. The summed E-state index contributed by atoms with van der Waals surface area (Å²) in [5.74, 6) is 6.82. The predicted molar refractivity (Wildman–Crippen MR) is 149 cm³/mol. The van der Waals surface area contributed by atoms with E-state index in [-0.39, 0.29) is 5.04 Å². The maximum Gasteiger partial charge on any atom is 0.261 e. The van der Waals surface area contributed by atoms with Gasteiger partial charge in [-0.1, -0.05) is 105 Å². The third-order valence-corrected chi connectivity index (χ3v) is 11.2. The highest BCUT2D eigenvalue weighted by Crippen LogP contribution is 2.36. The minimum atomic E-state index is -2.59. The number of aliphatic hydroxyl groups excluding tert-OH is 1. The molecule has 0 aliphatic carbocycles. The van der Waals surface area contributed by atoms with Gasteiger partial charge in [-0.15, -0.1) is 0 Å². The molecule has 0 fully saturated rings. The highest BCUT2D eigenvalue weighted by molar-refractivity contribution is 6.99. The van der Waals surface area contributed by atoms with Gasteiger partial charge in [0.25, 0.3) is 8.32 Å². The van der Waals surface area contributed by atoms with Crippen LogP contribution in [0.25, 0.3) is 0 Å². The van der Waals surface area contributed by atoms with E-state index < -0.39 is 14.4 Å². The standard InChI is InChI=1S/C31H38O4Si/c1-31(2,3)36(29-14-7-5-8-15-29,30-16-9-6-10-17-30)35-24-22-27(32)13-11-12-23-34-25-26-18-20-28(33-4)21-19-26/h5-10,14-21,27,32H,12,22-25H2,1-4H3. The van der Waals surface area contributed by atoms with Crippen LogP contribution in [0.15, 0.2) is 84.9 Å². The van der Waals surface area contributed by atoms with Gasteiger partial charge in [0.1, 0.15) is 11.9 Å². The van der Waals surface area contributed by atoms with Crippen molar-refractivity contribution in [3.05, 3.63) is 90.5 Å². The summed E-state index contributed by atoms with van der Waals surface area (Å²) in [5.41, 5.74) is 1.09. The summed E-state index contributed by atoms with van der Waals surface area (Å²) in [6.07, 6.45) is 0.303. The third-order valence-electron chi connectivity index (χ3n) is 6.19. The summed E-state index contributed by atoms with van der Waals surface area (Å²) in [4.78, 5) is 0. The second kappa shape index (κ2) is 13.4. The van der Waals surface area contributed by atoms with E-state index in [2.05, 4.69) is 81.1 Å². The van der Waals surface area contributed by atoms with Gasteiger partial charge in [0.2, 0.25) is 0 Å². The largest absolute Gasteiger partial charge is 0.497 e. The average molecular weight is 503 g/mol. The molecule has 190 valence electrons. The van der Waals surface area contributed by atoms with Crippen LogP contribution in [0.4, 0.5) is 0 Å². The lowest BCUT2D eigenvalue weighted by Gasteiger charge is -2.43. The predicted octanol–water partition coefficient (Wildman–Crippen LogP) is 4.93. The molecule has 0 spiro atoms. The second-order valence-corrected chi connectivity index (χ2v) is 14.1. The Hall–Kier alpha value is -2.88. The number of rotatable bonds is 11. The van der Waals surface area contributed by atoms with E-state index in [1.165, 1.54) is 10.4 Å². The number of aliphatic hydroxyl groups is 1. The highest BCUT2D eigenvalue weighted by atomic mass is 28.4. The van der Waals surface area contributed by atoms with Gasteiger partial charge in [-0.25, -0.2) is 0 Å². The molecule has 0 saturated heterocycles. The summed E-state index contributed by atoms with van der Waals surface area (Å²) < 4.78 is 17.7. The molecular weight excluding hydrogens is 464 g/mol. The summed E-state index contributed by atoms with van der Waals surface area (Å²) in [5, 5.41) is 12.9. The summed E-state index contributed by atoms with van der Waals surface area (Å²) >= 11 is 0. The van der Waals surface area contributed by atoms with Crippen LogP contribution in [0.1, 0.15) is 39.2 Å². The van der Waals surface area contributed by atoms with E-state index in [0.29, 0.717) is 32.7 Å². The van der Waals surface area contributed by atoms with Crippen LogP contribution in [0.2, 0.25) is 5.04 Å². The molecule has 0 aliphatic heterocycles. The normalized spacial score (nSPS) is 12.5. The maximum atomic E-state index is 10.5. The van der Waals surface area contributed by atoms with Crippen molar-refractivity contribution in [2.45, 2.75) is 51.4 Å². The Bertz CT molecular complexity index is 1060. The van der Waals surface area contributed by atoms with E-state index in [1.807, 2.05) is 36.4 Å². The highest BCUT2D eigenvalue weighted by Gasteiger charge is 2.50. The van der Waals surface area contributed by atoms with Gasteiger partial charge in [0.05, 0.1) is 20.3 Å². The van der Waals surface area contributed by atoms with E-state index in [1.54, 1.807) is 7.11 Å². The Morgan fingerprint density at radius 1 is 0.833 bits per heavy atom. The van der Waals surface area contributed by atoms with Crippen LogP contribution in [0, 0.1) is 11.8 Å². The molecule has 3 rings (SSSR count). The van der Waals surface area contributed by atoms with Crippen molar-refractivity contribution in [1.82, 2.24) is 0 Å². The van der Waals surface area contributed by atoms with Gasteiger partial charge in [-0.3, -0.25) is 0 Å². The van der Waals surface area contributed by atoms with E-state index in [0.717, 1.165) is 11.3 Å². The van der Waals surface area contributed by atoms with E-state index >= 15 is 0 Å². The van der Waals surface area contributed by atoms with E-state index in [9.17, 15) is 5.11 Å². The SMILES string of the molecule is COc1ccc(COCCC#CC(O)CCO[Si](c2ccccc2)(c2ccccc2)C(C)(C)C)cc1. The lowest BCUT2D eigenvalue weighted by Crippen LogP contribution is -2.66. The number of ether oxygens (including phenoxy) is 2. The molecule has 36 heavy (non-hydrogen) atoms. The van der Waals surface area contributed by atoms with Crippen LogP contribution < -0.4 is 15.1 Å². The van der Waals surface area contributed by atoms with Crippen LogP contribution in [-0.2, 0) is 15.8 Å². The van der Waals surface area contributed by atoms with Crippen molar-refractivity contribution in [1.29, 1.82) is 0 Å². The summed E-state index contributed by atoms with van der Waals surface area (Å²) in [6, 6.07) is 28.9. The van der Waals surface area contributed by atoms with Crippen LogP contribution in [0.5, 0.6) is 5.75 Å². The fourth-order valence-corrected chi connectivity index (χ4v) is 8.96. The van der Waals surface area contributed by atoms with Gasteiger partial charge in [-0.05, 0) is 33.1 Å². The molecule has 3 aromatic carbocycles. The minimum absolute atomic E-state index is 0.0897. The summed E-state index contributed by atoms with van der Waals surface area (Å²) in [6.45, 7) is 8.24. The number of methoxy groups -OCH3 is 1. The van der Waals surface area contributed by atoms with Gasteiger partial charge in [-0.2, -0.15) is 0 Å². The molecule has 0 aliphatic rings. The monoisotopic (exact) mass is 502 g/mol. The van der Waals surface area contributed by atoms with Crippen molar-refractivity contribution in [3.8, 4) is 17.6 Å². The average Bonchev–Trinajstić information content (AvgIpc) is 2.89. The third kappa shape index (κ3) is 7.31. The smallest absolute Gasteiger partial charge is 0.261 e. The lowest BCUT2D eigenvalue weighted by atomic mass is 10.2. The zero-order chi connectivity index (χ0) is 25.9. The van der Waals surface area contributed by atoms with Crippen molar-refractivity contribution in [3.63, 3.8) is 0 Å². The Morgan fingerprint density at radius 3 is 1.94 bits per heavy atom. The zero-order valence-electron chi connectivity index (χ0n) is 21.9. The quantitative estimate of drug-likeness (QED) is 0.229. The minimum Gasteiger partial charge on any atom is -0.497 e. The number of benzene rings is 3. The Morgan fingerprint density at radius 2 is 1.42 bits per heavy atom. The fourth-order valence-electron chi connectivity index (χ4n) is 4.38. The second-order valence-electron chi connectivity index (χ2n) is 9.79. The lowest BCUT2D eigenvalue weighted by molar-refractivity contribution is 0.126. The van der Waals surface area contributed by atoms with Gasteiger partial charge < -0.3 is 19.0 Å². The van der Waals surface area contributed by atoms with Crippen molar-refractivity contribution >= 4 is 18.7 Å². The molecular formula is C31H38O4Si. The molecule has 0 amide bonds. The first kappa shape index (κ1) is 27.7. The first-order valence-corrected chi connectivity index (χ1v) is 14.4. The molecule has 5 heteroatoms. The van der Waals surface area contributed by atoms with Crippen LogP contribution >= 0.6 is 0 Å². The first-order chi connectivity index (χ1) is 17.4. The molecule has 0 aromatic heterocycles. The maximum absolute atomic E-state index is 10.5. The van der Waals surface area contributed by atoms with Gasteiger partial charge in [0.15, 0.2) is 0 Å². The van der Waals surface area contributed by atoms with Gasteiger partial charge >= 0.3 is 0 Å². The summed E-state index contributed by atoms with van der Waals surface area (Å²) in [7, 11) is -0.938. The van der Waals surface area contributed by atoms with Crippen molar-refractivity contribution in [2.24, 2.45) is 0 Å². The Balaban J connectivity index is 1.55. The van der Waals surface area contributed by atoms with Crippen molar-refractivity contribution < 1.29 is 19.0 Å². The molecule has 0 bridgehead atoms. The van der Waals surface area contributed by atoms with Gasteiger partial charge in [0, 0.05) is 19.4 Å². The molecule has 4 nitrogen and oxygen atoms in total.